The Hall–Kier alpha value is -3.23. The Balaban J connectivity index is 2.16. The molecule has 9 heteroatoms. The average Bonchev–Trinajstić information content (AvgIpc) is 2.59. The number of aliphatic carboxylic acids is 1. The van der Waals surface area contributed by atoms with E-state index in [1.165, 1.54) is 13.1 Å². The van der Waals surface area contributed by atoms with Crippen molar-refractivity contribution >= 4 is 12.0 Å². The van der Waals surface area contributed by atoms with Crippen LogP contribution in [0.2, 0.25) is 0 Å². The summed E-state index contributed by atoms with van der Waals surface area (Å²) in [7, 11) is 1.36. The van der Waals surface area contributed by atoms with Crippen LogP contribution >= 0.6 is 0 Å². The number of carboxylic acids is 1. The van der Waals surface area contributed by atoms with Crippen LogP contribution in [0.1, 0.15) is 11.1 Å². The molecule has 0 saturated heterocycles. The largest absolute Gasteiger partial charge is 0.478 e. The van der Waals surface area contributed by atoms with Crippen molar-refractivity contribution in [3.63, 3.8) is 0 Å². The van der Waals surface area contributed by atoms with Crippen LogP contribution in [0.3, 0.4) is 0 Å². The molecule has 0 spiro atoms. The van der Waals surface area contributed by atoms with Crippen LogP contribution in [0.4, 0.5) is 8.78 Å². The zero-order valence-corrected chi connectivity index (χ0v) is 13.0. The topological polar surface area (TPSA) is 90.5 Å². The molecule has 130 valence electrons. The first-order valence-electron chi connectivity index (χ1n) is 7.14. The second-order valence-electron chi connectivity index (χ2n) is 5.46. The SMILES string of the molecule is Cn1c2c(c(=O)n(Cc3ccc(F)c(F)c3)c1=O)C=C(C(=O)O)CO2. The van der Waals surface area contributed by atoms with E-state index >= 15 is 0 Å². The van der Waals surface area contributed by atoms with E-state index in [0.717, 1.165) is 27.3 Å². The summed E-state index contributed by atoms with van der Waals surface area (Å²) in [4.78, 5) is 36.0. The van der Waals surface area contributed by atoms with Gasteiger partial charge >= 0.3 is 11.7 Å². The zero-order valence-electron chi connectivity index (χ0n) is 13.0. The fourth-order valence-corrected chi connectivity index (χ4v) is 2.52. The predicted octanol–water partition coefficient (Wildman–Crippen LogP) is 0.734. The van der Waals surface area contributed by atoms with E-state index in [1.807, 2.05) is 0 Å². The first-order valence-corrected chi connectivity index (χ1v) is 7.14. The van der Waals surface area contributed by atoms with Gasteiger partial charge in [0.15, 0.2) is 11.6 Å². The number of rotatable bonds is 3. The third-order valence-electron chi connectivity index (χ3n) is 3.81. The van der Waals surface area contributed by atoms with Crippen LogP contribution in [-0.2, 0) is 18.4 Å². The van der Waals surface area contributed by atoms with Gasteiger partial charge in [0, 0.05) is 7.05 Å². The van der Waals surface area contributed by atoms with Crippen molar-refractivity contribution < 1.29 is 23.4 Å². The molecule has 0 atom stereocenters. The molecule has 1 aromatic heterocycles. The van der Waals surface area contributed by atoms with Crippen molar-refractivity contribution in [2.75, 3.05) is 6.61 Å². The van der Waals surface area contributed by atoms with Crippen LogP contribution in [-0.4, -0.2) is 26.8 Å². The second-order valence-corrected chi connectivity index (χ2v) is 5.46. The van der Waals surface area contributed by atoms with Gasteiger partial charge in [-0.1, -0.05) is 6.07 Å². The average molecular weight is 350 g/mol. The molecule has 25 heavy (non-hydrogen) atoms. The lowest BCUT2D eigenvalue weighted by molar-refractivity contribution is -0.133. The maximum absolute atomic E-state index is 13.3. The minimum absolute atomic E-state index is 0.0402. The number of nitrogens with zero attached hydrogens (tertiary/aromatic N) is 2. The van der Waals surface area contributed by atoms with Crippen LogP contribution in [0, 0.1) is 11.6 Å². The molecule has 2 aromatic rings. The summed E-state index contributed by atoms with van der Waals surface area (Å²) >= 11 is 0. The van der Waals surface area contributed by atoms with Crippen LogP contribution in [0.15, 0.2) is 33.4 Å². The summed E-state index contributed by atoms with van der Waals surface area (Å²) in [5.74, 6) is -3.43. The fraction of sp³-hybridized carbons (Fsp3) is 0.188. The highest BCUT2D eigenvalue weighted by Crippen LogP contribution is 2.21. The summed E-state index contributed by atoms with van der Waals surface area (Å²) in [5.41, 5.74) is -1.52. The molecule has 1 aliphatic heterocycles. The van der Waals surface area contributed by atoms with E-state index in [9.17, 15) is 23.2 Å². The van der Waals surface area contributed by atoms with Crippen molar-refractivity contribution in [1.29, 1.82) is 0 Å². The Morgan fingerprint density at radius 1 is 1.28 bits per heavy atom. The normalized spacial score (nSPS) is 13.0. The van der Waals surface area contributed by atoms with Gasteiger partial charge in [-0.25, -0.2) is 18.4 Å². The summed E-state index contributed by atoms with van der Waals surface area (Å²) in [6.07, 6.45) is 1.14. The highest BCUT2D eigenvalue weighted by molar-refractivity contribution is 5.93. The molecule has 0 unspecified atom stereocenters. The third kappa shape index (κ3) is 2.84. The van der Waals surface area contributed by atoms with Crippen LogP contribution in [0.25, 0.3) is 6.08 Å². The molecule has 1 aromatic carbocycles. The number of fused-ring (bicyclic) bond motifs is 1. The Bertz CT molecular complexity index is 1040. The fourth-order valence-electron chi connectivity index (χ4n) is 2.52. The van der Waals surface area contributed by atoms with E-state index in [-0.39, 0.29) is 35.7 Å². The number of aromatic nitrogens is 2. The Morgan fingerprint density at radius 3 is 2.64 bits per heavy atom. The maximum Gasteiger partial charge on any atom is 0.335 e. The lowest BCUT2D eigenvalue weighted by Gasteiger charge is -2.19. The summed E-state index contributed by atoms with van der Waals surface area (Å²) in [5, 5.41) is 9.04. The lowest BCUT2D eigenvalue weighted by Crippen LogP contribution is -2.42. The number of halogens is 2. The molecule has 0 bridgehead atoms. The van der Waals surface area contributed by atoms with Gasteiger partial charge in [-0.05, 0) is 23.8 Å². The zero-order chi connectivity index (χ0) is 18.3. The van der Waals surface area contributed by atoms with Gasteiger partial charge in [0.05, 0.1) is 12.1 Å². The first kappa shape index (κ1) is 16.6. The molecule has 0 fully saturated rings. The maximum atomic E-state index is 13.3. The molecule has 0 aliphatic carbocycles. The molecule has 0 saturated carbocycles. The van der Waals surface area contributed by atoms with Crippen LogP contribution in [0.5, 0.6) is 5.88 Å². The molecule has 1 aliphatic rings. The van der Waals surface area contributed by atoms with Gasteiger partial charge in [0.25, 0.3) is 5.56 Å². The number of benzene rings is 1. The number of carbonyl (C=O) groups is 1. The standard InChI is InChI=1S/C16H12F2N2O5/c1-19-14-10(5-9(7-25-14)15(22)23)13(21)20(16(19)24)6-8-2-3-11(17)12(18)4-8/h2-5H,6-7H2,1H3,(H,22,23). The molecule has 0 amide bonds. The Morgan fingerprint density at radius 2 is 2.00 bits per heavy atom. The minimum Gasteiger partial charge on any atom is -0.478 e. The molecule has 3 rings (SSSR count). The van der Waals surface area contributed by atoms with Crippen molar-refractivity contribution in [2.24, 2.45) is 7.05 Å². The van der Waals surface area contributed by atoms with Crippen molar-refractivity contribution in [3.8, 4) is 5.88 Å². The summed E-state index contributed by atoms with van der Waals surface area (Å²) < 4.78 is 33.4. The monoisotopic (exact) mass is 350 g/mol. The van der Waals surface area contributed by atoms with Gasteiger partial charge in [-0.15, -0.1) is 0 Å². The third-order valence-corrected chi connectivity index (χ3v) is 3.81. The molecular formula is C16H12F2N2O5. The Labute approximate surface area is 139 Å². The first-order chi connectivity index (χ1) is 11.8. The number of hydrogen-bond donors (Lipinski definition) is 1. The predicted molar refractivity (Wildman–Crippen MR) is 82.5 cm³/mol. The summed E-state index contributed by atoms with van der Waals surface area (Å²) in [6, 6.07) is 3.03. The van der Waals surface area contributed by atoms with E-state index in [4.69, 9.17) is 9.84 Å². The highest BCUT2D eigenvalue weighted by atomic mass is 19.2. The number of ether oxygens (including phenoxy) is 1. The molecular weight excluding hydrogens is 338 g/mol. The lowest BCUT2D eigenvalue weighted by atomic mass is 10.1. The summed E-state index contributed by atoms with van der Waals surface area (Å²) in [6.45, 7) is -0.575. The smallest absolute Gasteiger partial charge is 0.335 e. The number of hydrogen-bond acceptors (Lipinski definition) is 4. The van der Waals surface area contributed by atoms with E-state index in [0.29, 0.717) is 0 Å². The van der Waals surface area contributed by atoms with Crippen molar-refractivity contribution in [3.05, 3.63) is 67.4 Å². The van der Waals surface area contributed by atoms with Crippen molar-refractivity contribution in [1.82, 2.24) is 9.13 Å². The van der Waals surface area contributed by atoms with E-state index < -0.39 is 28.9 Å². The van der Waals surface area contributed by atoms with E-state index in [2.05, 4.69) is 0 Å². The molecule has 2 heterocycles. The highest BCUT2D eigenvalue weighted by Gasteiger charge is 2.24. The van der Waals surface area contributed by atoms with Crippen LogP contribution < -0.4 is 16.0 Å². The molecule has 7 nitrogen and oxygen atoms in total. The second kappa shape index (κ2) is 6.00. The molecule has 0 radical (unpaired) electrons. The Kier molecular flexibility index (Phi) is 3.99. The molecule has 1 N–H and O–H groups in total. The number of carboxylic acid groups (broad SMARTS) is 1. The van der Waals surface area contributed by atoms with Gasteiger partial charge in [0.1, 0.15) is 12.2 Å². The van der Waals surface area contributed by atoms with Gasteiger partial charge < -0.3 is 9.84 Å². The van der Waals surface area contributed by atoms with E-state index in [1.54, 1.807) is 0 Å². The minimum atomic E-state index is -1.24. The quantitative estimate of drug-likeness (QED) is 0.882. The van der Waals surface area contributed by atoms with Gasteiger partial charge in [-0.2, -0.15) is 0 Å². The van der Waals surface area contributed by atoms with Crippen molar-refractivity contribution in [2.45, 2.75) is 6.54 Å². The van der Waals surface area contributed by atoms with Gasteiger partial charge in [0.2, 0.25) is 5.88 Å². The van der Waals surface area contributed by atoms with Gasteiger partial charge in [-0.3, -0.25) is 13.9 Å².